The highest BCUT2D eigenvalue weighted by Crippen LogP contribution is 2.38. The highest BCUT2D eigenvalue weighted by molar-refractivity contribution is 7.89. The SMILES string of the molecule is CC1(NS(=O)(=O)c2cc(N3CC4NC4C3)c3cnc(-c4nnc(C(F)F)s4)n3c2)CC1. The molecular formula is C18H19F2N7O2S2. The number of aromatic nitrogens is 4. The average Bonchev–Trinajstić information content (AvgIpc) is 3.39. The van der Waals surface area contributed by atoms with E-state index in [-0.39, 0.29) is 15.7 Å². The number of anilines is 1. The summed E-state index contributed by atoms with van der Waals surface area (Å²) in [6, 6.07) is 2.48. The van der Waals surface area contributed by atoms with Gasteiger partial charge >= 0.3 is 0 Å². The highest BCUT2D eigenvalue weighted by atomic mass is 32.2. The van der Waals surface area contributed by atoms with Crippen LogP contribution >= 0.6 is 11.3 Å². The van der Waals surface area contributed by atoms with Gasteiger partial charge in [-0.3, -0.25) is 4.40 Å². The second-order valence-electron chi connectivity index (χ2n) is 8.60. The molecule has 1 saturated carbocycles. The molecule has 2 N–H and O–H groups in total. The van der Waals surface area contributed by atoms with E-state index in [1.165, 1.54) is 6.20 Å². The van der Waals surface area contributed by atoms with E-state index in [0.717, 1.165) is 43.0 Å². The summed E-state index contributed by atoms with van der Waals surface area (Å²) in [6.45, 7) is 3.41. The number of piperazine rings is 1. The van der Waals surface area contributed by atoms with Crippen molar-refractivity contribution in [3.8, 4) is 10.8 Å². The molecule has 5 heterocycles. The number of sulfonamides is 1. The number of imidazole rings is 1. The maximum atomic E-state index is 13.1. The van der Waals surface area contributed by atoms with Crippen LogP contribution in [0.2, 0.25) is 0 Å². The lowest BCUT2D eigenvalue weighted by Gasteiger charge is -2.22. The Morgan fingerprint density at radius 1 is 1.29 bits per heavy atom. The lowest BCUT2D eigenvalue weighted by atomic mass is 10.3. The first-order chi connectivity index (χ1) is 14.7. The summed E-state index contributed by atoms with van der Waals surface area (Å²) in [5.74, 6) is 0.290. The predicted molar refractivity (Wildman–Crippen MR) is 110 cm³/mol. The Labute approximate surface area is 180 Å². The van der Waals surface area contributed by atoms with Gasteiger partial charge in [0.05, 0.1) is 17.4 Å². The lowest BCUT2D eigenvalue weighted by Crippen LogP contribution is -2.34. The molecule has 3 aromatic rings. The summed E-state index contributed by atoms with van der Waals surface area (Å²) in [5, 5.41) is 10.6. The molecule has 2 unspecified atom stereocenters. The van der Waals surface area contributed by atoms with E-state index in [4.69, 9.17) is 0 Å². The maximum Gasteiger partial charge on any atom is 0.291 e. The minimum absolute atomic E-state index is 0.106. The van der Waals surface area contributed by atoms with Crippen LogP contribution in [-0.2, 0) is 10.0 Å². The largest absolute Gasteiger partial charge is 0.367 e. The third-order valence-electron chi connectivity index (χ3n) is 6.08. The third kappa shape index (κ3) is 3.30. The van der Waals surface area contributed by atoms with Gasteiger partial charge in [-0.2, -0.15) is 0 Å². The van der Waals surface area contributed by atoms with Crippen LogP contribution in [-0.4, -0.2) is 58.7 Å². The van der Waals surface area contributed by atoms with Crippen LogP contribution in [0.3, 0.4) is 0 Å². The first-order valence-corrected chi connectivity index (χ1v) is 12.2. The molecule has 0 aromatic carbocycles. The molecule has 13 heteroatoms. The van der Waals surface area contributed by atoms with Gasteiger partial charge in [-0.25, -0.2) is 26.9 Å². The van der Waals surface area contributed by atoms with Gasteiger partial charge in [-0.05, 0) is 25.8 Å². The van der Waals surface area contributed by atoms with Gasteiger partial charge in [0.15, 0.2) is 15.8 Å². The number of fused-ring (bicyclic) bond motifs is 2. The summed E-state index contributed by atoms with van der Waals surface area (Å²) in [6.07, 6.45) is 1.96. The van der Waals surface area contributed by atoms with Crippen molar-refractivity contribution in [2.45, 2.75) is 48.7 Å². The van der Waals surface area contributed by atoms with Crippen molar-refractivity contribution in [3.63, 3.8) is 0 Å². The quantitative estimate of drug-likeness (QED) is 0.531. The molecule has 1 aliphatic carbocycles. The van der Waals surface area contributed by atoms with Crippen molar-refractivity contribution in [2.75, 3.05) is 18.0 Å². The summed E-state index contributed by atoms with van der Waals surface area (Å²) in [5.41, 5.74) is 1.02. The normalized spacial score (nSPS) is 24.2. The Morgan fingerprint density at radius 2 is 2.03 bits per heavy atom. The van der Waals surface area contributed by atoms with Crippen molar-refractivity contribution < 1.29 is 17.2 Å². The molecule has 0 spiro atoms. The summed E-state index contributed by atoms with van der Waals surface area (Å²) in [7, 11) is -3.78. The van der Waals surface area contributed by atoms with E-state index in [2.05, 4.69) is 30.1 Å². The first kappa shape index (κ1) is 19.5. The van der Waals surface area contributed by atoms with Crippen LogP contribution in [0.1, 0.15) is 31.2 Å². The molecule has 0 bridgehead atoms. The fraction of sp³-hybridized carbons (Fsp3) is 0.500. The zero-order valence-electron chi connectivity index (χ0n) is 16.4. The first-order valence-electron chi connectivity index (χ1n) is 9.90. The van der Waals surface area contributed by atoms with E-state index in [0.29, 0.717) is 17.6 Å². The van der Waals surface area contributed by atoms with E-state index in [1.54, 1.807) is 16.7 Å². The number of hydrogen-bond donors (Lipinski definition) is 2. The number of pyridine rings is 1. The van der Waals surface area contributed by atoms with Gasteiger partial charge in [-0.15, -0.1) is 10.2 Å². The van der Waals surface area contributed by atoms with Crippen LogP contribution in [0, 0.1) is 0 Å². The Morgan fingerprint density at radius 3 is 2.68 bits per heavy atom. The number of nitrogens with zero attached hydrogens (tertiary/aromatic N) is 5. The maximum absolute atomic E-state index is 13.1. The molecule has 9 nitrogen and oxygen atoms in total. The van der Waals surface area contributed by atoms with Gasteiger partial charge in [-0.1, -0.05) is 11.3 Å². The predicted octanol–water partition coefficient (Wildman–Crippen LogP) is 1.78. The van der Waals surface area contributed by atoms with Crippen molar-refractivity contribution in [1.29, 1.82) is 0 Å². The van der Waals surface area contributed by atoms with Crippen LogP contribution in [0.25, 0.3) is 16.3 Å². The number of rotatable bonds is 6. The monoisotopic (exact) mass is 467 g/mol. The molecule has 0 amide bonds. The molecule has 3 fully saturated rings. The van der Waals surface area contributed by atoms with E-state index >= 15 is 0 Å². The van der Waals surface area contributed by atoms with E-state index in [9.17, 15) is 17.2 Å². The minimum Gasteiger partial charge on any atom is -0.367 e. The van der Waals surface area contributed by atoms with Crippen LogP contribution in [0.15, 0.2) is 23.4 Å². The lowest BCUT2D eigenvalue weighted by molar-refractivity contribution is 0.150. The van der Waals surface area contributed by atoms with E-state index in [1.807, 2.05) is 6.92 Å². The summed E-state index contributed by atoms with van der Waals surface area (Å²) in [4.78, 5) is 6.62. The zero-order valence-corrected chi connectivity index (χ0v) is 18.1. The fourth-order valence-electron chi connectivity index (χ4n) is 4.02. The number of halogens is 2. The van der Waals surface area contributed by atoms with Gasteiger partial charge in [0, 0.05) is 36.9 Å². The van der Waals surface area contributed by atoms with Crippen molar-refractivity contribution in [3.05, 3.63) is 23.5 Å². The topological polar surface area (TPSA) is 114 Å². The molecule has 2 aliphatic heterocycles. The van der Waals surface area contributed by atoms with Crippen LogP contribution in [0.5, 0.6) is 0 Å². The second kappa shape index (κ2) is 6.40. The second-order valence-corrected chi connectivity index (χ2v) is 11.3. The molecule has 3 aromatic heterocycles. The Bertz CT molecular complexity index is 1290. The van der Waals surface area contributed by atoms with Gasteiger partial charge in [0.2, 0.25) is 10.0 Å². The minimum atomic E-state index is -3.78. The molecule has 2 atom stereocenters. The molecular weight excluding hydrogens is 448 g/mol. The van der Waals surface area contributed by atoms with Gasteiger partial charge in [0.1, 0.15) is 4.90 Å². The average molecular weight is 468 g/mol. The third-order valence-corrected chi connectivity index (χ3v) is 8.62. The number of nitrogens with one attached hydrogen (secondary N) is 2. The molecule has 0 radical (unpaired) electrons. The summed E-state index contributed by atoms with van der Waals surface area (Å²) >= 11 is 0.748. The van der Waals surface area contributed by atoms with Crippen LogP contribution in [0.4, 0.5) is 14.5 Å². The standard InChI is InChI=1S/C18H19F2N7O2S2/c1-18(2-3-18)25-31(28,29)9-4-12(26-7-10-11(8-26)22-10)13-5-21-15(27(13)6-9)17-24-23-16(30-17)14(19)20/h4-6,10-11,14,22,25H,2-3,7-8H2,1H3. The molecule has 3 aliphatic rings. The number of alkyl halides is 2. The van der Waals surface area contributed by atoms with Crippen molar-refractivity contribution in [2.24, 2.45) is 0 Å². The van der Waals surface area contributed by atoms with Crippen molar-refractivity contribution in [1.82, 2.24) is 29.6 Å². The smallest absolute Gasteiger partial charge is 0.291 e. The number of hydrogen-bond acceptors (Lipinski definition) is 8. The molecule has 31 heavy (non-hydrogen) atoms. The fourth-order valence-corrected chi connectivity index (χ4v) is 6.20. The van der Waals surface area contributed by atoms with Crippen LogP contribution < -0.4 is 14.9 Å². The molecule has 6 rings (SSSR count). The molecule has 2 saturated heterocycles. The summed E-state index contributed by atoms with van der Waals surface area (Å²) < 4.78 is 56.7. The van der Waals surface area contributed by atoms with Gasteiger partial charge in [0.25, 0.3) is 6.43 Å². The van der Waals surface area contributed by atoms with Crippen molar-refractivity contribution >= 4 is 32.6 Å². The molecule has 164 valence electrons. The Hall–Kier alpha value is -2.22. The Kier molecular flexibility index (Phi) is 4.02. The Balaban J connectivity index is 1.50. The highest BCUT2D eigenvalue weighted by Gasteiger charge is 2.46. The van der Waals surface area contributed by atoms with E-state index < -0.39 is 27.0 Å². The van der Waals surface area contributed by atoms with Gasteiger partial charge < -0.3 is 10.2 Å². The zero-order chi connectivity index (χ0) is 21.5.